The topological polar surface area (TPSA) is 50.2 Å². The largest absolute Gasteiger partial charge is 0.351 e. The Morgan fingerprint density at radius 3 is 2.92 bits per heavy atom. The highest BCUT2D eigenvalue weighted by molar-refractivity contribution is 5.81. The van der Waals surface area contributed by atoms with Crippen LogP contribution in [0, 0.1) is 6.92 Å². The Balaban J connectivity index is 1.58. The number of aryl methyl sites for hydroxylation is 1. The standard InChI is InChI=1S/C20H28N4O/c1-3-23-11-5-4-9-19(23)20(25)22-14-17-7-6-8-18(13-17)15-24-12-10-21-16(24)2/h6-8,10,12-13,19H,3-5,9,11,14-15H2,1-2H3,(H,22,25). The van der Waals surface area contributed by atoms with Gasteiger partial charge in [0, 0.05) is 25.5 Å². The van der Waals surface area contributed by atoms with E-state index < -0.39 is 0 Å². The molecule has 1 aliphatic rings. The number of nitrogens with zero attached hydrogens (tertiary/aromatic N) is 3. The number of hydrogen-bond acceptors (Lipinski definition) is 3. The normalized spacial score (nSPS) is 18.2. The molecule has 1 aromatic heterocycles. The van der Waals surface area contributed by atoms with Crippen molar-refractivity contribution in [2.24, 2.45) is 0 Å². The molecule has 2 heterocycles. The van der Waals surface area contributed by atoms with Crippen LogP contribution in [0.2, 0.25) is 0 Å². The summed E-state index contributed by atoms with van der Waals surface area (Å²) in [6.45, 7) is 7.51. The third kappa shape index (κ3) is 4.48. The lowest BCUT2D eigenvalue weighted by Crippen LogP contribution is -2.49. The Kier molecular flexibility index (Phi) is 5.87. The average molecular weight is 340 g/mol. The number of likely N-dealkylation sites (N-methyl/N-ethyl adjacent to an activating group) is 1. The lowest BCUT2D eigenvalue weighted by Gasteiger charge is -2.33. The summed E-state index contributed by atoms with van der Waals surface area (Å²) in [6, 6.07) is 8.45. The molecule has 1 unspecified atom stereocenters. The smallest absolute Gasteiger partial charge is 0.237 e. The number of carbonyl (C=O) groups is 1. The van der Waals surface area contributed by atoms with Crippen molar-refractivity contribution in [1.82, 2.24) is 19.8 Å². The second-order valence-corrected chi connectivity index (χ2v) is 6.78. The van der Waals surface area contributed by atoms with Gasteiger partial charge < -0.3 is 9.88 Å². The molecule has 1 amide bonds. The summed E-state index contributed by atoms with van der Waals surface area (Å²) in [6.07, 6.45) is 7.14. The zero-order chi connectivity index (χ0) is 17.6. The molecular weight excluding hydrogens is 312 g/mol. The molecular formula is C20H28N4O. The Hall–Kier alpha value is -2.14. The fourth-order valence-electron chi connectivity index (χ4n) is 3.58. The first-order valence-corrected chi connectivity index (χ1v) is 9.24. The fourth-order valence-corrected chi connectivity index (χ4v) is 3.58. The summed E-state index contributed by atoms with van der Waals surface area (Å²) < 4.78 is 2.12. The molecule has 1 aromatic carbocycles. The maximum Gasteiger partial charge on any atom is 0.237 e. The summed E-state index contributed by atoms with van der Waals surface area (Å²) in [5.74, 6) is 1.17. The molecule has 0 spiro atoms. The van der Waals surface area contributed by atoms with Crippen LogP contribution in [0.1, 0.15) is 43.1 Å². The van der Waals surface area contributed by atoms with Crippen molar-refractivity contribution < 1.29 is 4.79 Å². The van der Waals surface area contributed by atoms with Gasteiger partial charge in [0.05, 0.1) is 6.04 Å². The van der Waals surface area contributed by atoms with Crippen LogP contribution in [0.25, 0.3) is 0 Å². The van der Waals surface area contributed by atoms with E-state index in [1.807, 2.05) is 19.3 Å². The summed E-state index contributed by atoms with van der Waals surface area (Å²) in [7, 11) is 0. The van der Waals surface area contributed by atoms with E-state index in [2.05, 4.69) is 51.0 Å². The number of amides is 1. The van der Waals surface area contributed by atoms with Gasteiger partial charge in [0.2, 0.25) is 5.91 Å². The van der Waals surface area contributed by atoms with Crippen LogP contribution in [0.15, 0.2) is 36.7 Å². The second-order valence-electron chi connectivity index (χ2n) is 6.78. The van der Waals surface area contributed by atoms with E-state index in [0.29, 0.717) is 6.54 Å². The SMILES string of the molecule is CCN1CCCCC1C(=O)NCc1cccc(Cn2ccnc2C)c1. The van der Waals surface area contributed by atoms with Crippen LogP contribution in [-0.4, -0.2) is 39.5 Å². The molecule has 1 aliphatic heterocycles. The van der Waals surface area contributed by atoms with Crippen molar-refractivity contribution in [1.29, 1.82) is 0 Å². The number of imidazole rings is 1. The lowest BCUT2D eigenvalue weighted by molar-refractivity contribution is -0.127. The Morgan fingerprint density at radius 1 is 1.32 bits per heavy atom. The third-order valence-corrected chi connectivity index (χ3v) is 5.06. The molecule has 5 heteroatoms. The first-order valence-electron chi connectivity index (χ1n) is 9.24. The number of likely N-dealkylation sites (tertiary alicyclic amines) is 1. The van der Waals surface area contributed by atoms with E-state index in [1.165, 1.54) is 12.0 Å². The Bertz CT molecular complexity index is 709. The number of piperidine rings is 1. The highest BCUT2D eigenvalue weighted by atomic mass is 16.2. The molecule has 1 fully saturated rings. The van der Waals surface area contributed by atoms with Gasteiger partial charge in [-0.25, -0.2) is 4.98 Å². The molecule has 1 saturated heterocycles. The quantitative estimate of drug-likeness (QED) is 0.880. The monoisotopic (exact) mass is 340 g/mol. The van der Waals surface area contributed by atoms with Crippen LogP contribution >= 0.6 is 0 Å². The molecule has 25 heavy (non-hydrogen) atoms. The van der Waals surface area contributed by atoms with Crippen molar-refractivity contribution >= 4 is 5.91 Å². The van der Waals surface area contributed by atoms with Crippen LogP contribution in [0.3, 0.4) is 0 Å². The van der Waals surface area contributed by atoms with E-state index in [4.69, 9.17) is 0 Å². The lowest BCUT2D eigenvalue weighted by atomic mass is 10.0. The van der Waals surface area contributed by atoms with E-state index in [1.54, 1.807) is 0 Å². The summed E-state index contributed by atoms with van der Waals surface area (Å²) in [5.41, 5.74) is 2.36. The molecule has 1 N–H and O–H groups in total. The predicted octanol–water partition coefficient (Wildman–Crippen LogP) is 2.73. The van der Waals surface area contributed by atoms with Crippen LogP contribution < -0.4 is 5.32 Å². The number of aromatic nitrogens is 2. The Morgan fingerprint density at radius 2 is 2.16 bits per heavy atom. The van der Waals surface area contributed by atoms with Gasteiger partial charge >= 0.3 is 0 Å². The van der Waals surface area contributed by atoms with Gasteiger partial charge in [0.1, 0.15) is 5.82 Å². The van der Waals surface area contributed by atoms with Crippen molar-refractivity contribution in [3.63, 3.8) is 0 Å². The fraction of sp³-hybridized carbons (Fsp3) is 0.500. The van der Waals surface area contributed by atoms with Gasteiger partial charge in [-0.1, -0.05) is 37.6 Å². The summed E-state index contributed by atoms with van der Waals surface area (Å²) >= 11 is 0. The minimum Gasteiger partial charge on any atom is -0.351 e. The third-order valence-electron chi connectivity index (χ3n) is 5.06. The van der Waals surface area contributed by atoms with Crippen LogP contribution in [0.4, 0.5) is 0 Å². The summed E-state index contributed by atoms with van der Waals surface area (Å²) in [5, 5.41) is 3.13. The zero-order valence-corrected chi connectivity index (χ0v) is 15.2. The summed E-state index contributed by atoms with van der Waals surface area (Å²) in [4.78, 5) is 19.1. The minimum atomic E-state index is 0.0375. The van der Waals surface area contributed by atoms with Gasteiger partial charge in [-0.3, -0.25) is 9.69 Å². The molecule has 0 radical (unpaired) electrons. The number of benzene rings is 1. The van der Waals surface area contributed by atoms with Gasteiger partial charge in [0.15, 0.2) is 0 Å². The molecule has 0 aliphatic carbocycles. The van der Waals surface area contributed by atoms with Crippen molar-refractivity contribution in [2.75, 3.05) is 13.1 Å². The van der Waals surface area contributed by atoms with Gasteiger partial charge in [-0.15, -0.1) is 0 Å². The number of hydrogen-bond donors (Lipinski definition) is 1. The molecule has 0 bridgehead atoms. The maximum atomic E-state index is 12.6. The molecule has 5 nitrogen and oxygen atoms in total. The average Bonchev–Trinajstić information content (AvgIpc) is 3.04. The van der Waals surface area contributed by atoms with E-state index in [-0.39, 0.29) is 11.9 Å². The number of nitrogens with one attached hydrogen (secondary N) is 1. The van der Waals surface area contributed by atoms with Gasteiger partial charge in [-0.2, -0.15) is 0 Å². The molecule has 3 rings (SSSR count). The van der Waals surface area contributed by atoms with E-state index in [9.17, 15) is 4.79 Å². The van der Waals surface area contributed by atoms with Crippen LogP contribution in [0.5, 0.6) is 0 Å². The van der Waals surface area contributed by atoms with Gasteiger partial charge in [0.25, 0.3) is 0 Å². The van der Waals surface area contributed by atoms with E-state index >= 15 is 0 Å². The van der Waals surface area contributed by atoms with Gasteiger partial charge in [-0.05, 0) is 44.0 Å². The number of rotatable bonds is 6. The highest BCUT2D eigenvalue weighted by Crippen LogP contribution is 2.17. The maximum absolute atomic E-state index is 12.6. The van der Waals surface area contributed by atoms with Crippen molar-refractivity contribution in [2.45, 2.75) is 52.2 Å². The minimum absolute atomic E-state index is 0.0375. The van der Waals surface area contributed by atoms with Crippen LogP contribution in [-0.2, 0) is 17.9 Å². The first-order chi connectivity index (χ1) is 12.2. The van der Waals surface area contributed by atoms with Crippen molar-refractivity contribution in [3.05, 3.63) is 53.6 Å². The highest BCUT2D eigenvalue weighted by Gasteiger charge is 2.27. The molecule has 1 atom stereocenters. The molecule has 2 aromatic rings. The van der Waals surface area contributed by atoms with E-state index in [0.717, 1.165) is 43.9 Å². The molecule has 134 valence electrons. The first kappa shape index (κ1) is 17.7. The number of carbonyl (C=O) groups excluding carboxylic acids is 1. The molecule has 0 saturated carbocycles. The second kappa shape index (κ2) is 8.30. The van der Waals surface area contributed by atoms with Crippen molar-refractivity contribution in [3.8, 4) is 0 Å². The Labute approximate surface area is 150 Å². The zero-order valence-electron chi connectivity index (χ0n) is 15.2. The predicted molar refractivity (Wildman–Crippen MR) is 99.2 cm³/mol.